The van der Waals surface area contributed by atoms with Gasteiger partial charge >= 0.3 is 0 Å². The Kier molecular flexibility index (Phi) is 8.88. The molecule has 3 N–H and O–H groups in total. The Morgan fingerprint density at radius 3 is 2.46 bits per heavy atom. The first-order valence-corrected chi connectivity index (χ1v) is 8.95. The standard InChI is InChI=1S/C20H25N5O.2ClH/c1-13(2)25-19-17(12-23-25)16(20(26)22-10-9-14(3)21)11-18(24-19)15-7-5-4-6-8-15;;/h4-8,11-14H,9-10,21H2,1-3H3,(H,22,26);2*1H. The second-order valence-corrected chi connectivity index (χ2v) is 6.86. The number of nitrogens with one attached hydrogen (secondary N) is 1. The molecule has 0 spiro atoms. The number of fused-ring (bicyclic) bond motifs is 1. The highest BCUT2D eigenvalue weighted by molar-refractivity contribution is 6.06. The molecular formula is C20H27Cl2N5O. The van der Waals surface area contributed by atoms with E-state index in [-0.39, 0.29) is 42.8 Å². The fraction of sp³-hybridized carbons (Fsp3) is 0.350. The molecule has 0 aliphatic heterocycles. The van der Waals surface area contributed by atoms with Crippen molar-refractivity contribution in [2.75, 3.05) is 6.54 Å². The Morgan fingerprint density at radius 2 is 1.86 bits per heavy atom. The Balaban J connectivity index is 0.00000196. The van der Waals surface area contributed by atoms with Gasteiger partial charge in [-0.1, -0.05) is 30.3 Å². The molecule has 0 aliphatic rings. The summed E-state index contributed by atoms with van der Waals surface area (Å²) < 4.78 is 1.85. The Labute approximate surface area is 177 Å². The molecule has 152 valence electrons. The molecule has 6 nitrogen and oxygen atoms in total. The lowest BCUT2D eigenvalue weighted by Gasteiger charge is -2.11. The number of benzene rings is 1. The molecule has 2 heterocycles. The summed E-state index contributed by atoms with van der Waals surface area (Å²) >= 11 is 0. The molecule has 1 unspecified atom stereocenters. The van der Waals surface area contributed by atoms with Crippen molar-refractivity contribution in [3.63, 3.8) is 0 Å². The quantitative estimate of drug-likeness (QED) is 0.627. The predicted molar refractivity (Wildman–Crippen MR) is 118 cm³/mol. The van der Waals surface area contributed by atoms with Crippen LogP contribution in [-0.4, -0.2) is 33.3 Å². The van der Waals surface area contributed by atoms with Crippen LogP contribution in [0.5, 0.6) is 0 Å². The Hall–Kier alpha value is -2.15. The summed E-state index contributed by atoms with van der Waals surface area (Å²) in [5.41, 5.74) is 8.81. The van der Waals surface area contributed by atoms with Crippen molar-refractivity contribution < 1.29 is 4.79 Å². The lowest BCUT2D eigenvalue weighted by atomic mass is 10.1. The second-order valence-electron chi connectivity index (χ2n) is 6.86. The molecule has 0 saturated heterocycles. The van der Waals surface area contributed by atoms with Crippen LogP contribution in [0.3, 0.4) is 0 Å². The number of hydrogen-bond acceptors (Lipinski definition) is 4. The Morgan fingerprint density at radius 1 is 1.18 bits per heavy atom. The smallest absolute Gasteiger partial charge is 0.252 e. The van der Waals surface area contributed by atoms with Gasteiger partial charge in [-0.3, -0.25) is 4.79 Å². The number of pyridine rings is 1. The van der Waals surface area contributed by atoms with Gasteiger partial charge in [0.25, 0.3) is 5.91 Å². The molecule has 1 amide bonds. The molecule has 1 aromatic carbocycles. The van der Waals surface area contributed by atoms with Gasteiger partial charge in [0.2, 0.25) is 0 Å². The highest BCUT2D eigenvalue weighted by atomic mass is 35.5. The van der Waals surface area contributed by atoms with Gasteiger partial charge < -0.3 is 11.1 Å². The van der Waals surface area contributed by atoms with Crippen molar-refractivity contribution in [2.45, 2.75) is 39.3 Å². The van der Waals surface area contributed by atoms with E-state index >= 15 is 0 Å². The van der Waals surface area contributed by atoms with E-state index in [1.54, 1.807) is 6.20 Å². The number of nitrogens with zero attached hydrogens (tertiary/aromatic N) is 3. The van der Waals surface area contributed by atoms with Crippen LogP contribution < -0.4 is 11.1 Å². The summed E-state index contributed by atoms with van der Waals surface area (Å²) in [6.07, 6.45) is 2.45. The SMILES string of the molecule is CC(N)CCNC(=O)c1cc(-c2ccccc2)nc2c1cnn2C(C)C.Cl.Cl. The molecule has 2 aromatic heterocycles. The van der Waals surface area contributed by atoms with Gasteiger partial charge in [-0.2, -0.15) is 5.10 Å². The Bertz CT molecular complexity index is 910. The van der Waals surface area contributed by atoms with Gasteiger partial charge in [-0.05, 0) is 33.3 Å². The van der Waals surface area contributed by atoms with Crippen LogP contribution in [0.1, 0.15) is 43.6 Å². The third kappa shape index (κ3) is 5.22. The van der Waals surface area contributed by atoms with Crippen LogP contribution in [0.25, 0.3) is 22.3 Å². The van der Waals surface area contributed by atoms with E-state index in [4.69, 9.17) is 10.7 Å². The largest absolute Gasteiger partial charge is 0.352 e. The number of halogens is 2. The number of rotatable bonds is 6. The minimum atomic E-state index is -0.126. The first kappa shape index (κ1) is 23.9. The first-order valence-electron chi connectivity index (χ1n) is 8.95. The van der Waals surface area contributed by atoms with Crippen molar-refractivity contribution in [3.8, 4) is 11.3 Å². The minimum absolute atomic E-state index is 0. The van der Waals surface area contributed by atoms with Crippen LogP contribution >= 0.6 is 24.8 Å². The minimum Gasteiger partial charge on any atom is -0.352 e. The molecule has 0 saturated carbocycles. The summed E-state index contributed by atoms with van der Waals surface area (Å²) in [6, 6.07) is 11.9. The normalized spacial score (nSPS) is 11.6. The summed E-state index contributed by atoms with van der Waals surface area (Å²) in [5.74, 6) is -0.126. The lowest BCUT2D eigenvalue weighted by Crippen LogP contribution is -2.29. The summed E-state index contributed by atoms with van der Waals surface area (Å²) in [7, 11) is 0. The zero-order chi connectivity index (χ0) is 18.7. The van der Waals surface area contributed by atoms with E-state index in [0.29, 0.717) is 12.1 Å². The molecular weight excluding hydrogens is 397 g/mol. The van der Waals surface area contributed by atoms with Crippen molar-refractivity contribution in [3.05, 3.63) is 48.2 Å². The van der Waals surface area contributed by atoms with Crippen LogP contribution in [-0.2, 0) is 0 Å². The van der Waals surface area contributed by atoms with Crippen molar-refractivity contribution >= 4 is 41.8 Å². The maximum atomic E-state index is 12.8. The topological polar surface area (TPSA) is 85.8 Å². The summed E-state index contributed by atoms with van der Waals surface area (Å²) in [4.78, 5) is 17.6. The summed E-state index contributed by atoms with van der Waals surface area (Å²) in [6.45, 7) is 6.56. The maximum Gasteiger partial charge on any atom is 0.252 e. The molecule has 28 heavy (non-hydrogen) atoms. The first-order chi connectivity index (χ1) is 12.5. The fourth-order valence-corrected chi connectivity index (χ4v) is 2.85. The van der Waals surface area contributed by atoms with E-state index in [1.807, 2.05) is 61.9 Å². The van der Waals surface area contributed by atoms with Crippen LogP contribution in [0.2, 0.25) is 0 Å². The molecule has 8 heteroatoms. The number of aromatic nitrogens is 3. The lowest BCUT2D eigenvalue weighted by molar-refractivity contribution is 0.0954. The number of carbonyl (C=O) groups excluding carboxylic acids is 1. The zero-order valence-electron chi connectivity index (χ0n) is 16.3. The third-order valence-electron chi connectivity index (χ3n) is 4.26. The average Bonchev–Trinajstić information content (AvgIpc) is 3.05. The highest BCUT2D eigenvalue weighted by Crippen LogP contribution is 2.26. The summed E-state index contributed by atoms with van der Waals surface area (Å²) in [5, 5.41) is 8.15. The number of hydrogen-bond donors (Lipinski definition) is 2. The molecule has 3 rings (SSSR count). The molecule has 3 aromatic rings. The number of nitrogens with two attached hydrogens (primary N) is 1. The van der Waals surface area contributed by atoms with E-state index in [0.717, 1.165) is 28.7 Å². The van der Waals surface area contributed by atoms with E-state index in [2.05, 4.69) is 10.4 Å². The van der Waals surface area contributed by atoms with Crippen molar-refractivity contribution in [2.24, 2.45) is 5.73 Å². The van der Waals surface area contributed by atoms with E-state index in [9.17, 15) is 4.79 Å². The molecule has 1 atom stereocenters. The third-order valence-corrected chi connectivity index (χ3v) is 4.26. The van der Waals surface area contributed by atoms with Gasteiger partial charge in [-0.25, -0.2) is 9.67 Å². The predicted octanol–water partition coefficient (Wildman–Crippen LogP) is 3.99. The molecule has 0 aliphatic carbocycles. The molecule has 0 fully saturated rings. The maximum absolute atomic E-state index is 12.8. The van der Waals surface area contributed by atoms with Crippen molar-refractivity contribution in [1.29, 1.82) is 0 Å². The number of carbonyl (C=O) groups is 1. The average molecular weight is 424 g/mol. The fourth-order valence-electron chi connectivity index (χ4n) is 2.85. The monoisotopic (exact) mass is 423 g/mol. The number of amides is 1. The van der Waals surface area contributed by atoms with Gasteiger partial charge in [0, 0.05) is 24.2 Å². The van der Waals surface area contributed by atoms with Gasteiger partial charge in [-0.15, -0.1) is 24.8 Å². The van der Waals surface area contributed by atoms with E-state index < -0.39 is 0 Å². The van der Waals surface area contributed by atoms with Gasteiger partial charge in [0.1, 0.15) is 0 Å². The highest BCUT2D eigenvalue weighted by Gasteiger charge is 2.18. The van der Waals surface area contributed by atoms with Crippen LogP contribution in [0, 0.1) is 0 Å². The van der Waals surface area contributed by atoms with Crippen LogP contribution in [0.4, 0.5) is 0 Å². The van der Waals surface area contributed by atoms with Crippen LogP contribution in [0.15, 0.2) is 42.6 Å². The zero-order valence-corrected chi connectivity index (χ0v) is 17.9. The molecule has 0 bridgehead atoms. The van der Waals surface area contributed by atoms with Crippen molar-refractivity contribution in [1.82, 2.24) is 20.1 Å². The van der Waals surface area contributed by atoms with E-state index in [1.165, 1.54) is 0 Å². The van der Waals surface area contributed by atoms with Gasteiger partial charge in [0.05, 0.1) is 22.8 Å². The molecule has 0 radical (unpaired) electrons. The second kappa shape index (κ2) is 10.4. The van der Waals surface area contributed by atoms with Gasteiger partial charge in [0.15, 0.2) is 5.65 Å².